The highest BCUT2D eigenvalue weighted by molar-refractivity contribution is 7.99. The zero-order valence-electron chi connectivity index (χ0n) is 12.5. The standard InChI is InChI=1S/C14H22O6S/c1-11(15)9-13(17)19-5-3-7-21-8-4-6-20-14(18)10-12(2)16/h3-10H2,1-2H3. The molecule has 0 heterocycles. The summed E-state index contributed by atoms with van der Waals surface area (Å²) in [6.07, 6.45) is 1.11. The molecule has 0 fully saturated rings. The van der Waals surface area contributed by atoms with Crippen LogP contribution < -0.4 is 0 Å². The van der Waals surface area contributed by atoms with E-state index in [1.54, 1.807) is 11.8 Å². The lowest BCUT2D eigenvalue weighted by atomic mass is 10.3. The van der Waals surface area contributed by atoms with Gasteiger partial charge in [0.1, 0.15) is 24.4 Å². The molecule has 0 saturated heterocycles. The second-order valence-corrected chi connectivity index (χ2v) is 5.74. The quantitative estimate of drug-likeness (QED) is 0.306. The third-order valence-electron chi connectivity index (χ3n) is 2.18. The van der Waals surface area contributed by atoms with Crippen molar-refractivity contribution in [1.82, 2.24) is 0 Å². The van der Waals surface area contributed by atoms with E-state index in [-0.39, 0.29) is 24.4 Å². The van der Waals surface area contributed by atoms with Crippen LogP contribution in [0.25, 0.3) is 0 Å². The predicted octanol–water partition coefficient (Wildman–Crippen LogP) is 1.54. The Kier molecular flexibility index (Phi) is 11.6. The fraction of sp³-hybridized carbons (Fsp3) is 0.714. The van der Waals surface area contributed by atoms with Gasteiger partial charge in [-0.1, -0.05) is 0 Å². The summed E-state index contributed by atoms with van der Waals surface area (Å²) < 4.78 is 9.75. The number of rotatable bonds is 12. The molecule has 0 aromatic carbocycles. The Morgan fingerprint density at radius 1 is 0.762 bits per heavy atom. The van der Waals surface area contributed by atoms with Gasteiger partial charge in [0.05, 0.1) is 13.2 Å². The van der Waals surface area contributed by atoms with E-state index in [0.29, 0.717) is 13.2 Å². The van der Waals surface area contributed by atoms with E-state index in [9.17, 15) is 19.2 Å². The minimum absolute atomic E-state index is 0.168. The normalized spacial score (nSPS) is 10.0. The van der Waals surface area contributed by atoms with E-state index in [2.05, 4.69) is 0 Å². The molecular formula is C14H22O6S. The van der Waals surface area contributed by atoms with Gasteiger partial charge in [-0.3, -0.25) is 19.2 Å². The molecule has 0 atom stereocenters. The minimum atomic E-state index is -0.482. The maximum atomic E-state index is 11.0. The van der Waals surface area contributed by atoms with Crippen molar-refractivity contribution in [3.05, 3.63) is 0 Å². The molecular weight excluding hydrogens is 296 g/mol. The van der Waals surface area contributed by atoms with Gasteiger partial charge in [0.2, 0.25) is 0 Å². The summed E-state index contributed by atoms with van der Waals surface area (Å²) in [7, 11) is 0. The first kappa shape index (κ1) is 19.6. The highest BCUT2D eigenvalue weighted by Crippen LogP contribution is 2.05. The molecule has 0 aliphatic heterocycles. The number of Topliss-reactive ketones (excluding diaryl/α,β-unsaturated/α-hetero) is 2. The fourth-order valence-corrected chi connectivity index (χ4v) is 2.15. The second-order valence-electron chi connectivity index (χ2n) is 4.52. The van der Waals surface area contributed by atoms with Crippen LogP contribution in [0.15, 0.2) is 0 Å². The highest BCUT2D eigenvalue weighted by Gasteiger charge is 2.06. The minimum Gasteiger partial charge on any atom is -0.465 e. The van der Waals surface area contributed by atoms with Gasteiger partial charge in [-0.15, -0.1) is 0 Å². The van der Waals surface area contributed by atoms with Gasteiger partial charge in [0.15, 0.2) is 0 Å². The van der Waals surface area contributed by atoms with Crippen molar-refractivity contribution in [2.45, 2.75) is 39.5 Å². The molecule has 0 amide bonds. The van der Waals surface area contributed by atoms with Crippen molar-refractivity contribution in [1.29, 1.82) is 0 Å². The number of esters is 2. The van der Waals surface area contributed by atoms with E-state index in [0.717, 1.165) is 24.3 Å². The molecule has 0 saturated carbocycles. The van der Waals surface area contributed by atoms with Crippen LogP contribution in [0.5, 0.6) is 0 Å². The molecule has 6 nitrogen and oxygen atoms in total. The molecule has 0 spiro atoms. The SMILES string of the molecule is CC(=O)CC(=O)OCCCSCCCOC(=O)CC(C)=O. The summed E-state index contributed by atoms with van der Waals surface area (Å²) in [6.45, 7) is 3.32. The molecule has 0 aliphatic rings. The van der Waals surface area contributed by atoms with E-state index in [1.165, 1.54) is 13.8 Å². The Balaban J connectivity index is 3.30. The van der Waals surface area contributed by atoms with Gasteiger partial charge in [0.25, 0.3) is 0 Å². The number of ether oxygens (including phenoxy) is 2. The van der Waals surface area contributed by atoms with E-state index in [4.69, 9.17) is 9.47 Å². The zero-order chi connectivity index (χ0) is 16.1. The van der Waals surface area contributed by atoms with Gasteiger partial charge < -0.3 is 9.47 Å². The number of ketones is 2. The highest BCUT2D eigenvalue weighted by atomic mass is 32.2. The van der Waals surface area contributed by atoms with E-state index in [1.807, 2.05) is 0 Å². The molecule has 0 rings (SSSR count). The number of hydrogen-bond acceptors (Lipinski definition) is 7. The molecule has 0 aromatic heterocycles. The smallest absolute Gasteiger partial charge is 0.313 e. The fourth-order valence-electron chi connectivity index (χ4n) is 1.30. The molecule has 0 radical (unpaired) electrons. The lowest BCUT2D eigenvalue weighted by molar-refractivity contribution is -0.147. The number of carbonyl (C=O) groups excluding carboxylic acids is 4. The number of hydrogen-bond donors (Lipinski definition) is 0. The summed E-state index contributed by atoms with van der Waals surface area (Å²) in [5.41, 5.74) is 0. The molecule has 0 N–H and O–H groups in total. The van der Waals surface area contributed by atoms with Crippen molar-refractivity contribution in [2.75, 3.05) is 24.7 Å². The Morgan fingerprint density at radius 3 is 1.48 bits per heavy atom. The Bertz CT molecular complexity index is 332. The lowest BCUT2D eigenvalue weighted by Gasteiger charge is -2.05. The van der Waals surface area contributed by atoms with E-state index >= 15 is 0 Å². The molecule has 21 heavy (non-hydrogen) atoms. The number of thioether (sulfide) groups is 1. The maximum absolute atomic E-state index is 11.0. The largest absolute Gasteiger partial charge is 0.465 e. The molecule has 0 aromatic rings. The van der Waals surface area contributed by atoms with Gasteiger partial charge in [-0.05, 0) is 38.2 Å². The van der Waals surface area contributed by atoms with Crippen LogP contribution in [0.3, 0.4) is 0 Å². The van der Waals surface area contributed by atoms with Gasteiger partial charge in [-0.25, -0.2) is 0 Å². The predicted molar refractivity (Wildman–Crippen MR) is 79.1 cm³/mol. The summed E-state index contributed by atoms with van der Waals surface area (Å²) in [5.74, 6) is 0.292. The Morgan fingerprint density at radius 2 is 1.14 bits per heavy atom. The average molecular weight is 318 g/mol. The summed E-state index contributed by atoms with van der Waals surface area (Å²) in [6, 6.07) is 0. The zero-order valence-corrected chi connectivity index (χ0v) is 13.3. The van der Waals surface area contributed by atoms with Crippen LogP contribution in [-0.4, -0.2) is 48.2 Å². The summed E-state index contributed by atoms with van der Waals surface area (Å²) in [4.78, 5) is 43.4. The van der Waals surface area contributed by atoms with Gasteiger partial charge >= 0.3 is 11.9 Å². The Labute approximate surface area is 128 Å². The van der Waals surface area contributed by atoms with Crippen LogP contribution in [0, 0.1) is 0 Å². The lowest BCUT2D eigenvalue weighted by Crippen LogP contribution is -2.10. The third-order valence-corrected chi connectivity index (χ3v) is 3.33. The van der Waals surface area contributed by atoms with Crippen LogP contribution >= 0.6 is 11.8 Å². The molecule has 7 heteroatoms. The summed E-state index contributed by atoms with van der Waals surface area (Å²) in [5, 5.41) is 0. The van der Waals surface area contributed by atoms with Crippen molar-refractivity contribution in [3.8, 4) is 0 Å². The van der Waals surface area contributed by atoms with Crippen molar-refractivity contribution in [3.63, 3.8) is 0 Å². The molecule has 120 valence electrons. The van der Waals surface area contributed by atoms with Gasteiger partial charge in [0, 0.05) is 0 Å². The first-order chi connectivity index (χ1) is 9.91. The van der Waals surface area contributed by atoms with Crippen LogP contribution in [-0.2, 0) is 28.7 Å². The van der Waals surface area contributed by atoms with Crippen molar-refractivity contribution in [2.24, 2.45) is 0 Å². The molecule has 0 unspecified atom stereocenters. The summed E-state index contributed by atoms with van der Waals surface area (Å²) >= 11 is 1.67. The third kappa shape index (κ3) is 14.8. The van der Waals surface area contributed by atoms with Crippen LogP contribution in [0.1, 0.15) is 39.5 Å². The first-order valence-corrected chi connectivity index (χ1v) is 7.95. The van der Waals surface area contributed by atoms with Crippen LogP contribution in [0.2, 0.25) is 0 Å². The maximum Gasteiger partial charge on any atom is 0.313 e. The van der Waals surface area contributed by atoms with Crippen molar-refractivity contribution < 1.29 is 28.7 Å². The average Bonchev–Trinajstić information content (AvgIpc) is 2.34. The Hall–Kier alpha value is -1.37. The van der Waals surface area contributed by atoms with Crippen LogP contribution in [0.4, 0.5) is 0 Å². The topological polar surface area (TPSA) is 86.7 Å². The number of carbonyl (C=O) groups is 4. The van der Waals surface area contributed by atoms with Crippen molar-refractivity contribution >= 4 is 35.3 Å². The first-order valence-electron chi connectivity index (χ1n) is 6.79. The van der Waals surface area contributed by atoms with Gasteiger partial charge in [-0.2, -0.15) is 11.8 Å². The monoisotopic (exact) mass is 318 g/mol. The van der Waals surface area contributed by atoms with E-state index < -0.39 is 11.9 Å². The molecule has 0 bridgehead atoms. The molecule has 0 aliphatic carbocycles. The second kappa shape index (κ2) is 12.4.